The summed E-state index contributed by atoms with van der Waals surface area (Å²) in [4.78, 5) is 3.14. The van der Waals surface area contributed by atoms with E-state index in [0.29, 0.717) is 6.04 Å². The average Bonchev–Trinajstić information content (AvgIpc) is 2.42. The van der Waals surface area contributed by atoms with Crippen molar-refractivity contribution in [1.82, 2.24) is 9.55 Å². The molecule has 0 saturated carbocycles. The number of hydrogen-bond donors (Lipinski definition) is 1. The molecule has 1 heterocycles. The van der Waals surface area contributed by atoms with Crippen LogP contribution in [0.25, 0.3) is 11.0 Å². The van der Waals surface area contributed by atoms with E-state index < -0.39 is 0 Å². The third-order valence-corrected chi connectivity index (χ3v) is 2.81. The molecule has 4 heteroatoms. The lowest BCUT2D eigenvalue weighted by molar-refractivity contribution is 0.610. The number of halogens is 1. The Balaban J connectivity index is 2.94. The molecule has 0 aliphatic rings. The molecule has 2 nitrogen and oxygen atoms in total. The van der Waals surface area contributed by atoms with Gasteiger partial charge in [0.05, 0.1) is 16.1 Å². The predicted octanol–water partition coefficient (Wildman–Crippen LogP) is 3.93. The molecule has 14 heavy (non-hydrogen) atoms. The molecule has 0 atom stereocenters. The molecule has 0 bridgehead atoms. The number of benzene rings is 1. The van der Waals surface area contributed by atoms with Gasteiger partial charge in [-0.2, -0.15) is 0 Å². The van der Waals surface area contributed by atoms with Gasteiger partial charge in [0.2, 0.25) is 0 Å². The minimum absolute atomic E-state index is 0.316. The van der Waals surface area contributed by atoms with E-state index in [1.807, 2.05) is 22.8 Å². The molecule has 74 valence electrons. The smallest absolute Gasteiger partial charge is 0.178 e. The lowest BCUT2D eigenvalue weighted by Gasteiger charge is -2.08. The highest BCUT2D eigenvalue weighted by atomic mass is 35.5. The summed E-state index contributed by atoms with van der Waals surface area (Å²) in [5.74, 6) is 0. The Labute approximate surface area is 92.5 Å². The molecule has 0 saturated heterocycles. The Kier molecular flexibility index (Phi) is 2.37. The van der Waals surface area contributed by atoms with Crippen LogP contribution < -0.4 is 0 Å². The van der Waals surface area contributed by atoms with Gasteiger partial charge < -0.3 is 9.55 Å². The van der Waals surface area contributed by atoms with E-state index in [-0.39, 0.29) is 0 Å². The molecule has 0 fully saturated rings. The number of nitrogens with zero attached hydrogens (tertiary/aromatic N) is 1. The van der Waals surface area contributed by atoms with Crippen molar-refractivity contribution in [3.05, 3.63) is 28.0 Å². The second-order valence-corrected chi connectivity index (χ2v) is 4.32. The third-order valence-electron chi connectivity index (χ3n) is 2.20. The Hall–Kier alpha value is -0.800. The van der Waals surface area contributed by atoms with Crippen LogP contribution in [-0.2, 0) is 0 Å². The maximum Gasteiger partial charge on any atom is 0.178 e. The summed E-state index contributed by atoms with van der Waals surface area (Å²) in [5, 5.41) is 0.739. The minimum Gasteiger partial charge on any atom is -0.331 e. The quantitative estimate of drug-likeness (QED) is 0.731. The number of hydrogen-bond acceptors (Lipinski definition) is 1. The molecule has 2 aromatic rings. The number of para-hydroxylation sites is 1. The van der Waals surface area contributed by atoms with E-state index in [4.69, 9.17) is 23.8 Å². The maximum absolute atomic E-state index is 6.13. The second kappa shape index (κ2) is 3.41. The van der Waals surface area contributed by atoms with Crippen molar-refractivity contribution in [2.75, 3.05) is 0 Å². The van der Waals surface area contributed by atoms with Crippen molar-refractivity contribution in [2.45, 2.75) is 19.9 Å². The van der Waals surface area contributed by atoms with Crippen LogP contribution in [-0.4, -0.2) is 9.55 Å². The van der Waals surface area contributed by atoms with Crippen molar-refractivity contribution in [1.29, 1.82) is 0 Å². The van der Waals surface area contributed by atoms with Gasteiger partial charge in [0, 0.05) is 6.04 Å². The fourth-order valence-electron chi connectivity index (χ4n) is 1.63. The predicted molar refractivity (Wildman–Crippen MR) is 62.5 cm³/mol. The van der Waals surface area contributed by atoms with Gasteiger partial charge in [0.25, 0.3) is 0 Å². The van der Waals surface area contributed by atoms with Crippen LogP contribution in [0.4, 0.5) is 0 Å². The number of nitrogens with one attached hydrogen (secondary N) is 1. The van der Waals surface area contributed by atoms with Crippen molar-refractivity contribution in [2.24, 2.45) is 0 Å². The van der Waals surface area contributed by atoms with Crippen LogP contribution in [0.2, 0.25) is 5.02 Å². The highest BCUT2D eigenvalue weighted by Crippen LogP contribution is 2.25. The largest absolute Gasteiger partial charge is 0.331 e. The van der Waals surface area contributed by atoms with E-state index in [1.165, 1.54) is 0 Å². The van der Waals surface area contributed by atoms with Crippen molar-refractivity contribution in [3.8, 4) is 0 Å². The topological polar surface area (TPSA) is 20.7 Å². The zero-order valence-corrected chi connectivity index (χ0v) is 9.62. The molecule has 1 N–H and O–H groups in total. The van der Waals surface area contributed by atoms with Crippen LogP contribution in [0.3, 0.4) is 0 Å². The molecule has 0 unspecified atom stereocenters. The lowest BCUT2D eigenvalue weighted by Crippen LogP contribution is -2.00. The van der Waals surface area contributed by atoms with Gasteiger partial charge in [-0.3, -0.25) is 0 Å². The lowest BCUT2D eigenvalue weighted by atomic mass is 10.3. The molecular formula is C10H11ClN2S. The van der Waals surface area contributed by atoms with Crippen LogP contribution in [0.1, 0.15) is 19.9 Å². The van der Waals surface area contributed by atoms with Crippen LogP contribution >= 0.6 is 23.8 Å². The number of imidazole rings is 1. The summed E-state index contributed by atoms with van der Waals surface area (Å²) >= 11 is 11.4. The summed E-state index contributed by atoms with van der Waals surface area (Å²) in [6, 6.07) is 6.10. The molecule has 0 aliphatic heterocycles. The summed E-state index contributed by atoms with van der Waals surface area (Å²) in [6.07, 6.45) is 0. The standard InChI is InChI=1S/C10H11ClN2S/c1-6(2)13-9-7(11)4-3-5-8(9)12-10(13)14/h3-6H,1-2H3,(H,12,14). The van der Waals surface area contributed by atoms with Gasteiger partial charge in [-0.25, -0.2) is 0 Å². The number of fused-ring (bicyclic) bond motifs is 1. The normalized spacial score (nSPS) is 11.4. The van der Waals surface area contributed by atoms with E-state index >= 15 is 0 Å². The summed E-state index contributed by atoms with van der Waals surface area (Å²) in [7, 11) is 0. The Morgan fingerprint density at radius 1 is 1.43 bits per heavy atom. The first-order chi connectivity index (χ1) is 6.61. The highest BCUT2D eigenvalue weighted by molar-refractivity contribution is 7.71. The summed E-state index contributed by atoms with van der Waals surface area (Å²) in [6.45, 7) is 4.18. The second-order valence-electron chi connectivity index (χ2n) is 3.53. The fourth-order valence-corrected chi connectivity index (χ4v) is 2.31. The molecular weight excluding hydrogens is 216 g/mol. The zero-order valence-electron chi connectivity index (χ0n) is 8.04. The molecule has 1 aromatic carbocycles. The molecule has 0 amide bonds. The number of H-pyrrole nitrogens is 1. The van der Waals surface area contributed by atoms with Gasteiger partial charge in [0.15, 0.2) is 4.77 Å². The van der Waals surface area contributed by atoms with Gasteiger partial charge in [0.1, 0.15) is 0 Å². The Morgan fingerprint density at radius 2 is 2.14 bits per heavy atom. The van der Waals surface area contributed by atoms with E-state index in [1.54, 1.807) is 0 Å². The molecule has 1 aromatic heterocycles. The van der Waals surface area contributed by atoms with Crippen molar-refractivity contribution in [3.63, 3.8) is 0 Å². The monoisotopic (exact) mass is 226 g/mol. The first-order valence-electron chi connectivity index (χ1n) is 4.50. The Morgan fingerprint density at radius 3 is 2.79 bits per heavy atom. The van der Waals surface area contributed by atoms with Gasteiger partial charge in [-0.15, -0.1) is 0 Å². The molecule has 0 spiro atoms. The fraction of sp³-hybridized carbons (Fsp3) is 0.300. The van der Waals surface area contributed by atoms with Gasteiger partial charge in [-0.1, -0.05) is 17.7 Å². The SMILES string of the molecule is CC(C)n1c(=S)[nH]c2cccc(Cl)c21. The van der Waals surface area contributed by atoms with Gasteiger partial charge in [-0.05, 0) is 38.2 Å². The number of rotatable bonds is 1. The zero-order chi connectivity index (χ0) is 10.3. The van der Waals surface area contributed by atoms with Gasteiger partial charge >= 0.3 is 0 Å². The highest BCUT2D eigenvalue weighted by Gasteiger charge is 2.09. The van der Waals surface area contributed by atoms with Crippen LogP contribution in [0.15, 0.2) is 18.2 Å². The van der Waals surface area contributed by atoms with E-state index in [2.05, 4.69) is 18.8 Å². The molecule has 2 rings (SSSR count). The average molecular weight is 227 g/mol. The Bertz CT molecular complexity index is 524. The first-order valence-corrected chi connectivity index (χ1v) is 5.28. The van der Waals surface area contributed by atoms with Crippen molar-refractivity contribution >= 4 is 34.9 Å². The van der Waals surface area contributed by atoms with Crippen LogP contribution in [0, 0.1) is 4.77 Å². The third kappa shape index (κ3) is 1.37. The number of aromatic nitrogens is 2. The molecule has 0 aliphatic carbocycles. The summed E-state index contributed by atoms with van der Waals surface area (Å²) < 4.78 is 2.76. The number of aromatic amines is 1. The van der Waals surface area contributed by atoms with Crippen molar-refractivity contribution < 1.29 is 0 Å². The van der Waals surface area contributed by atoms with E-state index in [0.717, 1.165) is 20.8 Å². The minimum atomic E-state index is 0.316. The maximum atomic E-state index is 6.13. The van der Waals surface area contributed by atoms with E-state index in [9.17, 15) is 0 Å². The van der Waals surface area contributed by atoms with Crippen LogP contribution in [0.5, 0.6) is 0 Å². The summed E-state index contributed by atoms with van der Waals surface area (Å²) in [5.41, 5.74) is 1.99. The first kappa shape index (κ1) is 9.74. The molecule has 0 radical (unpaired) electrons.